The van der Waals surface area contributed by atoms with Gasteiger partial charge in [0.1, 0.15) is 10.7 Å². The lowest BCUT2D eigenvalue weighted by Crippen LogP contribution is -2.24. The van der Waals surface area contributed by atoms with Crippen LogP contribution in [0.15, 0.2) is 46.6 Å². The molecule has 1 N–H and O–H groups in total. The second-order valence-corrected chi connectivity index (χ2v) is 7.28. The number of carbonyl (C=O) groups excluding carboxylic acids is 1. The largest absolute Gasteiger partial charge is 0.356 e. The lowest BCUT2D eigenvalue weighted by molar-refractivity contribution is -0.120. The minimum atomic E-state index is -0.108. The number of amides is 1. The third kappa shape index (κ3) is 3.73. The van der Waals surface area contributed by atoms with E-state index in [1.807, 2.05) is 37.4 Å². The second kappa shape index (κ2) is 7.28. The molecule has 0 saturated carbocycles. The Morgan fingerprint density at radius 2 is 2.04 bits per heavy atom. The Balaban J connectivity index is 1.42. The molecular weight excluding hydrogens is 360 g/mol. The number of pyridine rings is 1. The highest BCUT2D eigenvalue weighted by Crippen LogP contribution is 2.25. The average Bonchev–Trinajstić information content (AvgIpc) is 3.28. The molecule has 3 aromatic heterocycles. The van der Waals surface area contributed by atoms with E-state index in [1.165, 1.54) is 0 Å². The number of nitrogens with zero attached hydrogens (tertiary/aromatic N) is 3. The molecule has 0 radical (unpaired) electrons. The van der Waals surface area contributed by atoms with Crippen LogP contribution in [-0.2, 0) is 17.8 Å². The molecule has 0 bridgehead atoms. The van der Waals surface area contributed by atoms with Gasteiger partial charge < -0.3 is 9.84 Å². The summed E-state index contributed by atoms with van der Waals surface area (Å²) in [6, 6.07) is 7.84. The summed E-state index contributed by atoms with van der Waals surface area (Å²) in [5.41, 5.74) is 5.41. The van der Waals surface area contributed by atoms with Gasteiger partial charge in [0.05, 0.1) is 18.7 Å². The fourth-order valence-electron chi connectivity index (χ4n) is 3.06. The number of carbonyl (C=O) groups is 1. The van der Waals surface area contributed by atoms with Crippen LogP contribution in [0.25, 0.3) is 21.5 Å². The van der Waals surface area contributed by atoms with Crippen LogP contribution >= 0.6 is 11.3 Å². The molecule has 4 aromatic rings. The van der Waals surface area contributed by atoms with Gasteiger partial charge in [0.2, 0.25) is 5.91 Å². The highest BCUT2D eigenvalue weighted by atomic mass is 32.1. The first-order valence-electron chi connectivity index (χ1n) is 8.57. The van der Waals surface area contributed by atoms with Gasteiger partial charge in [-0.2, -0.15) is 0 Å². The van der Waals surface area contributed by atoms with E-state index in [9.17, 15) is 4.79 Å². The molecule has 7 heteroatoms. The summed E-state index contributed by atoms with van der Waals surface area (Å²) in [4.78, 5) is 20.9. The zero-order chi connectivity index (χ0) is 18.8. The summed E-state index contributed by atoms with van der Waals surface area (Å²) in [6.45, 7) is 4.40. The number of hydrogen-bond acceptors (Lipinski definition) is 6. The standard InChI is InChI=1S/C20H18N4O2S/c1-12-7-13(2)19-16(24-26-17(19)8-12)9-18(25)22-10-15-11-27-20(23-15)14-3-5-21-6-4-14/h3-8,11H,9-10H2,1-2H3,(H,22,25). The van der Waals surface area contributed by atoms with Crippen LogP contribution in [0.4, 0.5) is 0 Å². The van der Waals surface area contributed by atoms with Gasteiger partial charge in [0, 0.05) is 28.7 Å². The van der Waals surface area contributed by atoms with Crippen molar-refractivity contribution >= 4 is 28.2 Å². The number of hydrogen-bond donors (Lipinski definition) is 1. The van der Waals surface area contributed by atoms with Crippen molar-refractivity contribution in [3.8, 4) is 10.6 Å². The fraction of sp³-hybridized carbons (Fsp3) is 0.200. The number of nitrogens with one attached hydrogen (secondary N) is 1. The smallest absolute Gasteiger partial charge is 0.226 e. The van der Waals surface area contributed by atoms with Crippen molar-refractivity contribution in [3.05, 3.63) is 64.6 Å². The molecule has 4 rings (SSSR count). The second-order valence-electron chi connectivity index (χ2n) is 6.42. The van der Waals surface area contributed by atoms with Gasteiger partial charge in [-0.25, -0.2) is 4.98 Å². The number of fused-ring (bicyclic) bond motifs is 1. The molecule has 0 aliphatic carbocycles. The zero-order valence-electron chi connectivity index (χ0n) is 15.0. The first-order chi connectivity index (χ1) is 13.1. The highest BCUT2D eigenvalue weighted by Gasteiger charge is 2.15. The molecule has 6 nitrogen and oxygen atoms in total. The van der Waals surface area contributed by atoms with Gasteiger partial charge in [-0.1, -0.05) is 11.2 Å². The van der Waals surface area contributed by atoms with Gasteiger partial charge >= 0.3 is 0 Å². The summed E-state index contributed by atoms with van der Waals surface area (Å²) < 4.78 is 5.38. The Kier molecular flexibility index (Phi) is 4.68. The molecule has 1 aromatic carbocycles. The van der Waals surface area contributed by atoms with E-state index in [2.05, 4.69) is 26.5 Å². The Hall–Kier alpha value is -3.06. The van der Waals surface area contributed by atoms with Crippen LogP contribution in [0, 0.1) is 13.8 Å². The quantitative estimate of drug-likeness (QED) is 0.571. The van der Waals surface area contributed by atoms with Gasteiger partial charge in [-0.15, -0.1) is 11.3 Å². The minimum absolute atomic E-state index is 0.108. The first kappa shape index (κ1) is 17.4. The number of aryl methyl sites for hydroxylation is 2. The summed E-state index contributed by atoms with van der Waals surface area (Å²) in [5.74, 6) is -0.108. The number of aromatic nitrogens is 3. The summed E-state index contributed by atoms with van der Waals surface area (Å²) in [7, 11) is 0. The normalized spacial score (nSPS) is 11.0. The monoisotopic (exact) mass is 378 g/mol. The zero-order valence-corrected chi connectivity index (χ0v) is 15.8. The van der Waals surface area contributed by atoms with E-state index >= 15 is 0 Å². The molecule has 0 aliphatic heterocycles. The van der Waals surface area contributed by atoms with Crippen LogP contribution in [0.3, 0.4) is 0 Å². The van der Waals surface area contributed by atoms with Crippen molar-refractivity contribution in [2.24, 2.45) is 0 Å². The molecule has 0 unspecified atom stereocenters. The van der Waals surface area contributed by atoms with Crippen molar-refractivity contribution in [3.63, 3.8) is 0 Å². The lowest BCUT2D eigenvalue weighted by Gasteiger charge is -2.03. The maximum Gasteiger partial charge on any atom is 0.226 e. The molecule has 0 aliphatic rings. The van der Waals surface area contributed by atoms with Crippen molar-refractivity contribution < 1.29 is 9.32 Å². The minimum Gasteiger partial charge on any atom is -0.356 e. The van der Waals surface area contributed by atoms with E-state index in [4.69, 9.17) is 4.52 Å². The summed E-state index contributed by atoms with van der Waals surface area (Å²) in [6.07, 6.45) is 3.66. The highest BCUT2D eigenvalue weighted by molar-refractivity contribution is 7.13. The van der Waals surface area contributed by atoms with Crippen molar-refractivity contribution in [1.29, 1.82) is 0 Å². The van der Waals surface area contributed by atoms with Crippen LogP contribution in [-0.4, -0.2) is 21.0 Å². The summed E-state index contributed by atoms with van der Waals surface area (Å²) >= 11 is 1.55. The first-order valence-corrected chi connectivity index (χ1v) is 9.45. The van der Waals surface area contributed by atoms with Crippen molar-refractivity contribution in [2.45, 2.75) is 26.8 Å². The maximum atomic E-state index is 12.4. The van der Waals surface area contributed by atoms with E-state index in [-0.39, 0.29) is 12.3 Å². The predicted octanol–water partition coefficient (Wildman–Crippen LogP) is 3.82. The lowest BCUT2D eigenvalue weighted by atomic mass is 10.0. The van der Waals surface area contributed by atoms with E-state index in [0.29, 0.717) is 12.2 Å². The van der Waals surface area contributed by atoms with Gasteiger partial charge in [0.15, 0.2) is 5.58 Å². The Morgan fingerprint density at radius 3 is 2.85 bits per heavy atom. The summed E-state index contributed by atoms with van der Waals surface area (Å²) in [5, 5.41) is 10.8. The Bertz CT molecular complexity index is 1100. The molecule has 0 fully saturated rings. The Morgan fingerprint density at radius 1 is 1.22 bits per heavy atom. The predicted molar refractivity (Wildman–Crippen MR) is 104 cm³/mol. The fourth-order valence-corrected chi connectivity index (χ4v) is 3.89. The molecular formula is C20H18N4O2S. The van der Waals surface area contributed by atoms with Crippen LogP contribution in [0.1, 0.15) is 22.5 Å². The van der Waals surface area contributed by atoms with Crippen molar-refractivity contribution in [2.75, 3.05) is 0 Å². The van der Waals surface area contributed by atoms with E-state index < -0.39 is 0 Å². The third-order valence-corrected chi connectivity index (χ3v) is 5.20. The maximum absolute atomic E-state index is 12.4. The number of thiazole rings is 1. The number of rotatable bonds is 5. The molecule has 136 valence electrons. The molecule has 0 atom stereocenters. The topological polar surface area (TPSA) is 80.9 Å². The average molecular weight is 378 g/mol. The van der Waals surface area contributed by atoms with E-state index in [0.717, 1.165) is 38.4 Å². The van der Waals surface area contributed by atoms with Crippen molar-refractivity contribution in [1.82, 2.24) is 20.4 Å². The Labute approximate surface area is 160 Å². The van der Waals surface area contributed by atoms with E-state index in [1.54, 1.807) is 23.7 Å². The molecule has 1 amide bonds. The molecule has 27 heavy (non-hydrogen) atoms. The third-order valence-electron chi connectivity index (χ3n) is 4.26. The van der Waals surface area contributed by atoms with Gasteiger partial charge in [-0.3, -0.25) is 9.78 Å². The number of benzene rings is 1. The van der Waals surface area contributed by atoms with Crippen LogP contribution in [0.2, 0.25) is 0 Å². The van der Waals surface area contributed by atoms with Gasteiger partial charge in [0.25, 0.3) is 0 Å². The SMILES string of the molecule is Cc1cc(C)c2c(CC(=O)NCc3csc(-c4ccncc4)n3)noc2c1. The van der Waals surface area contributed by atoms with Crippen LogP contribution < -0.4 is 5.32 Å². The molecule has 3 heterocycles. The molecule has 0 spiro atoms. The van der Waals surface area contributed by atoms with Crippen LogP contribution in [0.5, 0.6) is 0 Å². The van der Waals surface area contributed by atoms with Gasteiger partial charge in [-0.05, 0) is 43.2 Å². The molecule has 0 saturated heterocycles.